The normalized spacial score (nSPS) is 14.7. The molecule has 19 N–H and O–H groups in total. The van der Waals surface area contributed by atoms with Crippen molar-refractivity contribution in [3.05, 3.63) is 0 Å². The van der Waals surface area contributed by atoms with Crippen LogP contribution < -0.4 is 65.5 Å². The lowest BCUT2D eigenvalue weighted by atomic mass is 9.98. The van der Waals surface area contributed by atoms with Gasteiger partial charge < -0.3 is 80.8 Å². The number of aliphatic carboxylic acids is 2. The highest BCUT2D eigenvalue weighted by Crippen LogP contribution is 2.12. The van der Waals surface area contributed by atoms with Crippen LogP contribution in [0.5, 0.6) is 0 Å². The van der Waals surface area contributed by atoms with E-state index >= 15 is 0 Å². The summed E-state index contributed by atoms with van der Waals surface area (Å²) in [6.45, 7) is 11.6. The minimum atomic E-state index is -1.78. The maximum atomic E-state index is 13.8. The van der Waals surface area contributed by atoms with Gasteiger partial charge in [-0.2, -0.15) is 0 Å². The van der Waals surface area contributed by atoms with E-state index in [1.807, 2.05) is 0 Å². The summed E-state index contributed by atoms with van der Waals surface area (Å²) in [4.78, 5) is 146. The molecule has 9 amide bonds. The molecule has 0 aromatic heterocycles. The maximum Gasteiger partial charge on any atom is 0.326 e. The molecule has 0 spiro atoms. The van der Waals surface area contributed by atoms with Crippen molar-refractivity contribution in [1.29, 1.82) is 0 Å². The lowest BCUT2D eigenvalue weighted by molar-refractivity contribution is -0.142. The smallest absolute Gasteiger partial charge is 0.326 e. The highest BCUT2D eigenvalue weighted by Gasteiger charge is 2.36. The van der Waals surface area contributed by atoms with Crippen LogP contribution in [0.3, 0.4) is 0 Å². The number of rotatable bonds is 32. The number of nitrogens with zero attached hydrogens (tertiary/aromatic N) is 1. The third kappa shape index (κ3) is 23.7. The quantitative estimate of drug-likeness (QED) is 0.0170. The number of aliphatic hydroxyl groups excluding tert-OH is 1. The molecule has 27 heteroatoms. The van der Waals surface area contributed by atoms with Gasteiger partial charge in [0.1, 0.15) is 48.3 Å². The van der Waals surface area contributed by atoms with Crippen molar-refractivity contribution in [3.8, 4) is 0 Å². The summed E-state index contributed by atoms with van der Waals surface area (Å²) in [5.74, 6) is -13.5. The van der Waals surface area contributed by atoms with Crippen LogP contribution in [0.4, 0.5) is 0 Å². The van der Waals surface area contributed by atoms with Gasteiger partial charge in [-0.1, -0.05) is 55.4 Å². The predicted octanol–water partition coefficient (Wildman–Crippen LogP) is -5.29. The first-order chi connectivity index (χ1) is 31.5. The van der Waals surface area contributed by atoms with Crippen molar-refractivity contribution in [3.63, 3.8) is 0 Å². The number of hydrogen-bond acceptors (Lipinski definition) is 14. The summed E-state index contributed by atoms with van der Waals surface area (Å²) in [6, 6.07) is -11.4. The Bertz CT molecular complexity index is 1810. The molecule has 0 aliphatic heterocycles. The van der Waals surface area contributed by atoms with Gasteiger partial charge in [0.05, 0.1) is 19.6 Å². The van der Waals surface area contributed by atoms with E-state index in [0.29, 0.717) is 0 Å². The Hall–Kier alpha value is -6.64. The van der Waals surface area contributed by atoms with E-state index in [0.717, 1.165) is 0 Å². The van der Waals surface area contributed by atoms with Gasteiger partial charge in [0.25, 0.3) is 0 Å². The number of aliphatic imine (C=N–C) groups is 1. The highest BCUT2D eigenvalue weighted by molar-refractivity contribution is 5.99. The van der Waals surface area contributed by atoms with Crippen molar-refractivity contribution >= 4 is 71.1 Å². The second-order valence-electron chi connectivity index (χ2n) is 17.5. The Morgan fingerprint density at radius 3 is 1.47 bits per heavy atom. The molecule has 0 bridgehead atoms. The van der Waals surface area contributed by atoms with Crippen LogP contribution in [0.1, 0.15) is 93.9 Å². The molecule has 0 saturated heterocycles. The van der Waals surface area contributed by atoms with Crippen LogP contribution >= 0.6 is 0 Å². The Kier molecular flexibility index (Phi) is 27.6. The highest BCUT2D eigenvalue weighted by atomic mass is 16.4. The number of guanidine groups is 1. The van der Waals surface area contributed by atoms with Crippen molar-refractivity contribution in [2.45, 2.75) is 142 Å². The number of amides is 9. The first-order valence-electron chi connectivity index (χ1n) is 22.1. The van der Waals surface area contributed by atoms with E-state index in [1.54, 1.807) is 55.4 Å². The summed E-state index contributed by atoms with van der Waals surface area (Å²) in [5.41, 5.74) is 21.5. The van der Waals surface area contributed by atoms with Gasteiger partial charge in [-0.15, -0.1) is 0 Å². The SMILES string of the molecule is CC(C)CC(NC(=O)C(CCC(=O)O)NC(=O)C(CC(N)=O)NC(=O)C(NC(=O)C(NC(=O)C(N)CO)C(C)C)C(C)C)C(=O)NC(C(=O)NCC(=O)NC(CCCN=C(N)N)C(=O)O)C(C)C. The number of hydrogen-bond donors (Lipinski definition) is 15. The molecule has 0 aromatic rings. The van der Waals surface area contributed by atoms with Crippen LogP contribution in [0.15, 0.2) is 4.99 Å². The molecular weight excluding hydrogens is 899 g/mol. The van der Waals surface area contributed by atoms with E-state index in [-0.39, 0.29) is 37.7 Å². The zero-order chi connectivity index (χ0) is 52.6. The van der Waals surface area contributed by atoms with Crippen molar-refractivity contribution in [2.75, 3.05) is 19.7 Å². The number of nitrogens with two attached hydrogens (primary N) is 4. The lowest BCUT2D eigenvalue weighted by Gasteiger charge is -2.29. The molecular formula is C41H73N13O14. The molecule has 27 nitrogen and oxygen atoms in total. The lowest BCUT2D eigenvalue weighted by Crippen LogP contribution is -2.61. The molecule has 0 aliphatic rings. The van der Waals surface area contributed by atoms with Crippen LogP contribution in [0.2, 0.25) is 0 Å². The largest absolute Gasteiger partial charge is 0.481 e. The van der Waals surface area contributed by atoms with Gasteiger partial charge in [-0.05, 0) is 49.4 Å². The van der Waals surface area contributed by atoms with Gasteiger partial charge in [0.2, 0.25) is 53.2 Å². The monoisotopic (exact) mass is 972 g/mol. The first kappa shape index (κ1) is 61.4. The summed E-state index contributed by atoms with van der Waals surface area (Å²) in [7, 11) is 0. The summed E-state index contributed by atoms with van der Waals surface area (Å²) in [5, 5.41) is 47.4. The Morgan fingerprint density at radius 1 is 0.544 bits per heavy atom. The number of nitrogens with one attached hydrogen (secondary N) is 8. The van der Waals surface area contributed by atoms with E-state index in [1.165, 1.54) is 0 Å². The molecule has 0 rings (SSSR count). The van der Waals surface area contributed by atoms with Crippen LogP contribution in [-0.2, 0) is 52.7 Å². The zero-order valence-electron chi connectivity index (χ0n) is 39.9. The molecule has 0 heterocycles. The molecule has 8 atom stereocenters. The van der Waals surface area contributed by atoms with Crippen molar-refractivity contribution in [2.24, 2.45) is 51.6 Å². The molecule has 8 unspecified atom stereocenters. The Balaban J connectivity index is 6.32. The third-order valence-electron chi connectivity index (χ3n) is 9.93. The van der Waals surface area contributed by atoms with Gasteiger partial charge in [-0.3, -0.25) is 52.9 Å². The van der Waals surface area contributed by atoms with Gasteiger partial charge in [0.15, 0.2) is 5.96 Å². The zero-order valence-corrected chi connectivity index (χ0v) is 39.9. The van der Waals surface area contributed by atoms with Gasteiger partial charge in [-0.25, -0.2) is 4.79 Å². The number of carbonyl (C=O) groups is 11. The fourth-order valence-corrected chi connectivity index (χ4v) is 6.18. The third-order valence-corrected chi connectivity index (χ3v) is 9.93. The molecule has 0 radical (unpaired) electrons. The Morgan fingerprint density at radius 2 is 1.00 bits per heavy atom. The Labute approximate surface area is 394 Å². The number of primary amides is 1. The molecule has 68 heavy (non-hydrogen) atoms. The van der Waals surface area contributed by atoms with E-state index < -0.39 is 164 Å². The number of carbonyl (C=O) groups excluding carboxylic acids is 9. The van der Waals surface area contributed by atoms with Gasteiger partial charge in [0, 0.05) is 13.0 Å². The molecule has 0 aromatic carbocycles. The average Bonchev–Trinajstić information content (AvgIpc) is 3.23. The number of carboxylic acids is 2. The van der Waals surface area contributed by atoms with Crippen LogP contribution in [0, 0.1) is 23.7 Å². The molecule has 0 fully saturated rings. The second kappa shape index (κ2) is 30.6. The summed E-state index contributed by atoms with van der Waals surface area (Å²) < 4.78 is 0. The van der Waals surface area contributed by atoms with E-state index in [9.17, 15) is 68.1 Å². The molecule has 386 valence electrons. The first-order valence-corrected chi connectivity index (χ1v) is 22.1. The van der Waals surface area contributed by atoms with Crippen molar-refractivity contribution < 1.29 is 68.1 Å². The van der Waals surface area contributed by atoms with Crippen molar-refractivity contribution in [1.82, 2.24) is 42.5 Å². The standard InChI is InChI=1S/C41H73N13O14/c1-18(2)14-25(36(63)53-30(19(3)4)37(64)47-16-28(57)48-24(40(67)68)10-9-13-46-41(44)45)50-34(61)23(11-12-29(58)59)49-35(62)26(15-27(43)56)51-38(65)31(20(5)6)54-39(66)32(21(7)8)52-33(60)22(42)17-55/h18-26,30-32,55H,9-17,42H2,1-8H3,(H2,43,56)(H,47,64)(H,48,57)(H,49,62)(H,50,61)(H,51,65)(H,52,60)(H,53,63)(H,54,66)(H,58,59)(H,67,68)(H4,44,45,46). The predicted molar refractivity (Wildman–Crippen MR) is 244 cm³/mol. The van der Waals surface area contributed by atoms with Gasteiger partial charge >= 0.3 is 11.9 Å². The summed E-state index contributed by atoms with van der Waals surface area (Å²) >= 11 is 0. The molecule has 0 aliphatic carbocycles. The fraction of sp³-hybridized carbons (Fsp3) is 0.707. The number of carboxylic acid groups (broad SMARTS) is 2. The topological polar surface area (TPSA) is 461 Å². The van der Waals surface area contributed by atoms with E-state index in [4.69, 9.17) is 22.9 Å². The van der Waals surface area contributed by atoms with Crippen LogP contribution in [-0.4, -0.2) is 154 Å². The minimum absolute atomic E-state index is 0.0296. The fourth-order valence-electron chi connectivity index (χ4n) is 6.18. The minimum Gasteiger partial charge on any atom is -0.481 e. The summed E-state index contributed by atoms with van der Waals surface area (Å²) in [6.07, 6.45) is -1.91. The average molecular weight is 972 g/mol. The van der Waals surface area contributed by atoms with E-state index in [2.05, 4.69) is 47.5 Å². The second-order valence-corrected chi connectivity index (χ2v) is 17.5. The van der Waals surface area contributed by atoms with Crippen LogP contribution in [0.25, 0.3) is 0 Å². The maximum absolute atomic E-state index is 13.8. The molecule has 0 saturated carbocycles. The number of aliphatic hydroxyl groups is 1.